The van der Waals surface area contributed by atoms with Crippen molar-refractivity contribution in [1.82, 2.24) is 10.6 Å². The molecule has 2 unspecified atom stereocenters. The molecule has 35 heavy (non-hydrogen) atoms. The van der Waals surface area contributed by atoms with Gasteiger partial charge < -0.3 is 15.5 Å². The van der Waals surface area contributed by atoms with Gasteiger partial charge in [-0.25, -0.2) is 0 Å². The third-order valence-electron chi connectivity index (χ3n) is 6.56. The van der Waals surface area contributed by atoms with Crippen LogP contribution in [0.4, 0.5) is 13.2 Å². The van der Waals surface area contributed by atoms with Gasteiger partial charge in [-0.3, -0.25) is 9.59 Å². The summed E-state index contributed by atoms with van der Waals surface area (Å²) in [7, 11) is 0. The Labute approximate surface area is 212 Å². The lowest BCUT2D eigenvalue weighted by Gasteiger charge is -2.29. The Morgan fingerprint density at radius 2 is 1.86 bits per heavy atom. The summed E-state index contributed by atoms with van der Waals surface area (Å²) in [5.41, 5.74) is -1.22. The first-order valence-electron chi connectivity index (χ1n) is 11.1. The minimum absolute atomic E-state index is 0.0524. The van der Waals surface area contributed by atoms with E-state index in [4.69, 9.17) is 28.0 Å². The number of amides is 2. The summed E-state index contributed by atoms with van der Waals surface area (Å²) in [6, 6.07) is 3.08. The molecule has 1 aliphatic carbocycles. The second kappa shape index (κ2) is 8.97. The minimum atomic E-state index is -4.81. The van der Waals surface area contributed by atoms with Gasteiger partial charge in [-0.1, -0.05) is 28.4 Å². The number of nitrogens with zero attached hydrogens (tertiary/aromatic N) is 1. The highest BCUT2D eigenvalue weighted by molar-refractivity contribution is 7.16. The molecule has 0 bridgehead atoms. The fourth-order valence-corrected chi connectivity index (χ4v) is 6.62. The highest BCUT2D eigenvalue weighted by Gasteiger charge is 2.62. The van der Waals surface area contributed by atoms with Crippen LogP contribution in [0.15, 0.2) is 23.4 Å². The van der Waals surface area contributed by atoms with Crippen molar-refractivity contribution in [1.29, 1.82) is 0 Å². The van der Waals surface area contributed by atoms with Gasteiger partial charge in [-0.05, 0) is 61.4 Å². The molecule has 1 saturated heterocycles. The molecule has 3 heterocycles. The second-order valence-electron chi connectivity index (χ2n) is 8.82. The fraction of sp³-hybridized carbons (Fsp3) is 0.435. The van der Waals surface area contributed by atoms with Crippen molar-refractivity contribution in [3.05, 3.63) is 54.7 Å². The number of halogens is 5. The molecule has 2 aromatic rings. The van der Waals surface area contributed by atoms with Gasteiger partial charge >= 0.3 is 6.18 Å². The van der Waals surface area contributed by atoms with Crippen LogP contribution in [0, 0.1) is 0 Å². The summed E-state index contributed by atoms with van der Waals surface area (Å²) in [6.45, 7) is 0.485. The number of thiophene rings is 1. The molecular formula is C23H20Cl2F3N3O3S. The van der Waals surface area contributed by atoms with Crippen molar-refractivity contribution in [2.24, 2.45) is 5.16 Å². The van der Waals surface area contributed by atoms with Gasteiger partial charge in [0.25, 0.3) is 11.5 Å². The molecule has 5 rings (SSSR count). The lowest BCUT2D eigenvalue weighted by atomic mass is 9.85. The van der Waals surface area contributed by atoms with E-state index in [9.17, 15) is 22.8 Å². The first-order valence-corrected chi connectivity index (χ1v) is 12.7. The lowest BCUT2D eigenvalue weighted by molar-refractivity contribution is -0.275. The van der Waals surface area contributed by atoms with Crippen LogP contribution in [0.5, 0.6) is 0 Å². The fourth-order valence-electron chi connectivity index (χ4n) is 4.82. The summed E-state index contributed by atoms with van der Waals surface area (Å²) < 4.78 is 43.2. The SMILES string of the molecule is O=C(NC1CCNC1=O)c1sc(C2=NOC(c3cc(Cl)cc(Cl)c3)(C(F)(F)F)C2)c2c1CCCC2. The number of hydrogen-bond acceptors (Lipinski definition) is 5. The number of benzene rings is 1. The molecule has 2 aliphatic heterocycles. The Bertz CT molecular complexity index is 1230. The van der Waals surface area contributed by atoms with Gasteiger partial charge in [-0.15, -0.1) is 11.3 Å². The number of nitrogens with one attached hydrogen (secondary N) is 2. The number of carbonyl (C=O) groups is 2. The molecule has 3 aliphatic rings. The Morgan fingerprint density at radius 1 is 1.17 bits per heavy atom. The van der Waals surface area contributed by atoms with E-state index in [1.165, 1.54) is 18.2 Å². The van der Waals surface area contributed by atoms with Crippen LogP contribution in [-0.2, 0) is 28.1 Å². The average molecular weight is 546 g/mol. The van der Waals surface area contributed by atoms with Gasteiger partial charge in [0, 0.05) is 22.2 Å². The van der Waals surface area contributed by atoms with Crippen molar-refractivity contribution in [2.75, 3.05) is 6.54 Å². The number of carbonyl (C=O) groups excluding carboxylic acids is 2. The van der Waals surface area contributed by atoms with Crippen molar-refractivity contribution >= 4 is 52.1 Å². The molecule has 2 atom stereocenters. The predicted molar refractivity (Wildman–Crippen MR) is 126 cm³/mol. The van der Waals surface area contributed by atoms with Crippen LogP contribution in [0.3, 0.4) is 0 Å². The molecular weight excluding hydrogens is 526 g/mol. The zero-order valence-electron chi connectivity index (χ0n) is 18.2. The summed E-state index contributed by atoms with van der Waals surface area (Å²) >= 11 is 13.1. The van der Waals surface area contributed by atoms with Gasteiger partial charge in [-0.2, -0.15) is 13.2 Å². The molecule has 1 aromatic heterocycles. The first-order chi connectivity index (χ1) is 16.6. The van der Waals surface area contributed by atoms with E-state index in [-0.39, 0.29) is 27.2 Å². The summed E-state index contributed by atoms with van der Waals surface area (Å²) in [4.78, 5) is 31.1. The maximum Gasteiger partial charge on any atom is 0.435 e. The highest BCUT2D eigenvalue weighted by Crippen LogP contribution is 2.51. The smallest absolute Gasteiger partial charge is 0.374 e. The molecule has 0 radical (unpaired) electrons. The van der Waals surface area contributed by atoms with Crippen molar-refractivity contribution < 1.29 is 27.6 Å². The molecule has 12 heteroatoms. The van der Waals surface area contributed by atoms with E-state index in [1.807, 2.05) is 0 Å². The van der Waals surface area contributed by atoms with E-state index in [2.05, 4.69) is 15.8 Å². The van der Waals surface area contributed by atoms with E-state index in [1.54, 1.807) is 0 Å². The molecule has 6 nitrogen and oxygen atoms in total. The van der Waals surface area contributed by atoms with Crippen LogP contribution < -0.4 is 10.6 Å². The van der Waals surface area contributed by atoms with Gasteiger partial charge in [0.1, 0.15) is 11.8 Å². The van der Waals surface area contributed by atoms with Crippen LogP contribution in [0.2, 0.25) is 10.0 Å². The van der Waals surface area contributed by atoms with Crippen LogP contribution in [0.25, 0.3) is 0 Å². The topological polar surface area (TPSA) is 79.8 Å². The lowest BCUT2D eigenvalue weighted by Crippen LogP contribution is -2.42. The van der Waals surface area contributed by atoms with E-state index < -0.39 is 30.1 Å². The molecule has 0 spiro atoms. The zero-order valence-corrected chi connectivity index (χ0v) is 20.6. The third-order valence-corrected chi connectivity index (χ3v) is 8.32. The summed E-state index contributed by atoms with van der Waals surface area (Å²) in [6.07, 6.45) is -1.92. The van der Waals surface area contributed by atoms with Gasteiger partial charge in [0.05, 0.1) is 16.2 Å². The predicted octanol–water partition coefficient (Wildman–Crippen LogP) is 5.13. The molecule has 186 valence electrons. The minimum Gasteiger partial charge on any atom is -0.374 e. The number of oxime groups is 1. The number of alkyl halides is 3. The highest BCUT2D eigenvalue weighted by atomic mass is 35.5. The monoisotopic (exact) mass is 545 g/mol. The second-order valence-corrected chi connectivity index (χ2v) is 10.7. The first kappa shape index (κ1) is 24.4. The largest absolute Gasteiger partial charge is 0.435 e. The van der Waals surface area contributed by atoms with Gasteiger partial charge in [0.2, 0.25) is 5.91 Å². The molecule has 2 amide bonds. The van der Waals surface area contributed by atoms with Crippen LogP contribution >= 0.6 is 34.5 Å². The normalized spacial score (nSPS) is 24.0. The number of rotatable bonds is 4. The van der Waals surface area contributed by atoms with E-state index >= 15 is 0 Å². The Hall–Kier alpha value is -2.30. The van der Waals surface area contributed by atoms with Crippen molar-refractivity contribution in [3.8, 4) is 0 Å². The Kier molecular flexibility index (Phi) is 6.26. The summed E-state index contributed by atoms with van der Waals surface area (Å²) in [5, 5.41) is 9.42. The number of fused-ring (bicyclic) bond motifs is 1. The van der Waals surface area contributed by atoms with Gasteiger partial charge in [0.15, 0.2) is 0 Å². The van der Waals surface area contributed by atoms with E-state index in [0.717, 1.165) is 35.3 Å². The van der Waals surface area contributed by atoms with Crippen molar-refractivity contribution in [2.45, 2.75) is 56.3 Å². The zero-order chi connectivity index (χ0) is 25.0. The summed E-state index contributed by atoms with van der Waals surface area (Å²) in [5.74, 6) is -0.641. The molecule has 1 aromatic carbocycles. The van der Waals surface area contributed by atoms with E-state index in [0.29, 0.717) is 35.6 Å². The average Bonchev–Trinajstić information content (AvgIpc) is 3.50. The standard InChI is InChI=1S/C23H20Cl2F3N3O3S/c24-12-7-11(8-13(25)9-12)22(23(26,27)28)10-17(31-34-22)18-14-3-1-2-4-15(14)19(35-18)21(33)30-16-5-6-29-20(16)32/h7-9,16H,1-6,10H2,(H,29,32)(H,30,33). The van der Waals surface area contributed by atoms with Crippen LogP contribution in [0.1, 0.15) is 56.9 Å². The number of hydrogen-bond donors (Lipinski definition) is 2. The Balaban J connectivity index is 1.50. The molecule has 1 fully saturated rings. The van der Waals surface area contributed by atoms with Crippen molar-refractivity contribution in [3.63, 3.8) is 0 Å². The maximum absolute atomic E-state index is 14.4. The molecule has 2 N–H and O–H groups in total. The Morgan fingerprint density at radius 3 is 2.49 bits per heavy atom. The van der Waals surface area contributed by atoms with Crippen LogP contribution in [-0.4, -0.2) is 36.3 Å². The quantitative estimate of drug-likeness (QED) is 0.558. The third kappa shape index (κ3) is 4.29. The maximum atomic E-state index is 14.4. The molecule has 0 saturated carbocycles.